The highest BCUT2D eigenvalue weighted by Gasteiger charge is 2.59. The molecule has 8 atom stereocenters. The molecule has 7 rings (SSSR count). The van der Waals surface area contributed by atoms with Crippen LogP contribution in [-0.2, 0) is 16.0 Å². The molecule has 0 bridgehead atoms. The van der Waals surface area contributed by atoms with Crippen molar-refractivity contribution in [2.24, 2.45) is 15.9 Å². The van der Waals surface area contributed by atoms with E-state index in [0.717, 1.165) is 12.0 Å². The van der Waals surface area contributed by atoms with E-state index in [2.05, 4.69) is 9.98 Å². The van der Waals surface area contributed by atoms with Crippen LogP contribution in [0.1, 0.15) is 54.9 Å². The van der Waals surface area contributed by atoms with E-state index in [-0.39, 0.29) is 53.8 Å². The van der Waals surface area contributed by atoms with E-state index in [4.69, 9.17) is 23.7 Å². The first-order valence-electron chi connectivity index (χ1n) is 17.6. The summed E-state index contributed by atoms with van der Waals surface area (Å²) in [6, 6.07) is 17.9. The number of hydrogen-bond donors (Lipinski definition) is 7. The molecule has 0 radical (unpaired) electrons. The number of aliphatic hydroxyl groups excluding tert-OH is 3. The predicted octanol–water partition coefficient (Wildman–Crippen LogP) is 3.45. The first-order chi connectivity index (χ1) is 25.9. The number of benzene rings is 3. The van der Waals surface area contributed by atoms with Crippen molar-refractivity contribution in [2.45, 2.75) is 80.6 Å². The van der Waals surface area contributed by atoms with Crippen LogP contribution < -0.4 is 18.9 Å². The number of methoxy groups -OCH3 is 1. The number of carbonyl (C=O) groups is 1. The van der Waals surface area contributed by atoms with Crippen LogP contribution in [-0.4, -0.2) is 103 Å². The number of nitrogens with zero attached hydrogens (tertiary/aromatic N) is 2. The number of hydrogen-bond acceptors (Lipinski definition) is 14. The average Bonchev–Trinajstić information content (AvgIpc) is 3.66. The summed E-state index contributed by atoms with van der Waals surface area (Å²) >= 11 is 0. The molecule has 3 heterocycles. The lowest BCUT2D eigenvalue weighted by atomic mass is 9.80. The third-order valence-electron chi connectivity index (χ3n) is 10.3. The molecule has 8 unspecified atom stereocenters. The average molecular weight is 747 g/mol. The van der Waals surface area contributed by atoms with Gasteiger partial charge in [-0.2, -0.15) is 0 Å². The van der Waals surface area contributed by atoms with Crippen molar-refractivity contribution < 1.29 is 64.2 Å². The standard InChI is InChI=1S/C39H42N2O13/c1-50-25-11-9-23(10-12-25)27-15-26(42)30-28(51-27)16-29(33(31(30)43)54-38(48)13-5-8-22(17-38)14-21-6-3-2-4-7-21)52-37-32(44)34(45)39(49,35(53-37)36(46)47)18-24-19-40-20-41-24/h2-4,6-7,9-12,15-16,20,22,27,32,34-35,37,42-45,48-49H,5,8,13-14,17-19H2,1H3,(H,46,47). The molecule has 286 valence electrons. The number of phenols is 1. The number of aliphatic carboxylic acids is 1. The number of carboxylic acid groups (broad SMARTS) is 1. The first kappa shape index (κ1) is 37.1. The number of carboxylic acids is 1. The zero-order chi connectivity index (χ0) is 38.2. The molecule has 54 heavy (non-hydrogen) atoms. The van der Waals surface area contributed by atoms with Crippen LogP contribution in [0.4, 0.5) is 0 Å². The third kappa shape index (κ3) is 7.32. The summed E-state index contributed by atoms with van der Waals surface area (Å²) in [5, 5.41) is 78.9. The van der Waals surface area contributed by atoms with E-state index in [1.165, 1.54) is 25.6 Å². The van der Waals surface area contributed by atoms with Crippen molar-refractivity contribution in [1.82, 2.24) is 0 Å². The Labute approximate surface area is 310 Å². The van der Waals surface area contributed by atoms with Crippen molar-refractivity contribution in [3.8, 4) is 28.7 Å². The summed E-state index contributed by atoms with van der Waals surface area (Å²) in [6.07, 6.45) is -4.58. The Balaban J connectivity index is 1.24. The molecule has 2 fully saturated rings. The van der Waals surface area contributed by atoms with E-state index in [9.17, 15) is 40.5 Å². The van der Waals surface area contributed by atoms with Crippen molar-refractivity contribution in [3.63, 3.8) is 0 Å². The molecule has 3 aromatic carbocycles. The van der Waals surface area contributed by atoms with Gasteiger partial charge in [0.1, 0.15) is 53.1 Å². The number of rotatable bonds is 11. The topological polar surface area (TPSA) is 230 Å². The van der Waals surface area contributed by atoms with Gasteiger partial charge >= 0.3 is 5.97 Å². The minimum absolute atomic E-state index is 0.000281. The molecule has 0 aromatic heterocycles. The molecule has 0 spiro atoms. The zero-order valence-electron chi connectivity index (χ0n) is 29.3. The highest BCUT2D eigenvalue weighted by atomic mass is 16.7. The smallest absolute Gasteiger partial charge is 0.336 e. The van der Waals surface area contributed by atoms with E-state index in [1.807, 2.05) is 30.3 Å². The van der Waals surface area contributed by atoms with Crippen molar-refractivity contribution in [2.75, 3.05) is 13.7 Å². The maximum atomic E-state index is 12.5. The van der Waals surface area contributed by atoms with Crippen LogP contribution in [0.2, 0.25) is 0 Å². The number of aliphatic imine (C=N–C) groups is 2. The van der Waals surface area contributed by atoms with Crippen molar-refractivity contribution >= 4 is 23.8 Å². The van der Waals surface area contributed by atoms with Gasteiger partial charge in [-0.05, 0) is 48.4 Å². The van der Waals surface area contributed by atoms with E-state index >= 15 is 0 Å². The zero-order valence-corrected chi connectivity index (χ0v) is 29.3. The Morgan fingerprint density at radius 3 is 2.50 bits per heavy atom. The Morgan fingerprint density at radius 1 is 1.06 bits per heavy atom. The Hall–Kier alpha value is -5.19. The number of aromatic hydroxyl groups is 1. The lowest BCUT2D eigenvalue weighted by Crippen LogP contribution is -2.69. The van der Waals surface area contributed by atoms with Gasteiger partial charge in [0.15, 0.2) is 17.6 Å². The van der Waals surface area contributed by atoms with Crippen LogP contribution in [0.5, 0.6) is 28.7 Å². The van der Waals surface area contributed by atoms with E-state index in [1.54, 1.807) is 24.3 Å². The summed E-state index contributed by atoms with van der Waals surface area (Å²) in [5.41, 5.74) is -0.758. The van der Waals surface area contributed by atoms with E-state index < -0.39 is 66.0 Å². The van der Waals surface area contributed by atoms with Crippen LogP contribution in [0.3, 0.4) is 0 Å². The summed E-state index contributed by atoms with van der Waals surface area (Å²) in [7, 11) is 1.52. The number of aliphatic hydroxyl groups is 5. The van der Waals surface area contributed by atoms with Gasteiger partial charge in [-0.1, -0.05) is 42.5 Å². The summed E-state index contributed by atoms with van der Waals surface area (Å²) in [5.74, 6) is -4.89. The quantitative estimate of drug-likeness (QED) is 0.140. The van der Waals surface area contributed by atoms with Crippen molar-refractivity contribution in [1.29, 1.82) is 0 Å². The molecule has 3 aliphatic heterocycles. The molecular weight excluding hydrogens is 704 g/mol. The molecule has 4 aliphatic rings. The lowest BCUT2D eigenvalue weighted by Gasteiger charge is -2.46. The summed E-state index contributed by atoms with van der Waals surface area (Å²) in [6.45, 7) is 0.0560. The first-order valence-corrected chi connectivity index (χ1v) is 17.6. The highest BCUT2D eigenvalue weighted by Crippen LogP contribution is 2.53. The number of ether oxygens (including phenoxy) is 5. The highest BCUT2D eigenvalue weighted by molar-refractivity contribution is 5.97. The molecule has 1 aliphatic carbocycles. The Bertz CT molecular complexity index is 1950. The fourth-order valence-corrected chi connectivity index (χ4v) is 7.57. The van der Waals surface area contributed by atoms with Crippen LogP contribution in [0, 0.1) is 5.92 Å². The van der Waals surface area contributed by atoms with Gasteiger partial charge in [0, 0.05) is 37.1 Å². The lowest BCUT2D eigenvalue weighted by molar-refractivity contribution is -0.303. The van der Waals surface area contributed by atoms with Gasteiger partial charge in [-0.15, -0.1) is 0 Å². The van der Waals surface area contributed by atoms with Crippen molar-refractivity contribution in [3.05, 3.63) is 83.4 Å². The van der Waals surface area contributed by atoms with Gasteiger partial charge in [0.2, 0.25) is 17.8 Å². The summed E-state index contributed by atoms with van der Waals surface area (Å²) in [4.78, 5) is 20.4. The molecular formula is C39H42N2O13. The fourth-order valence-electron chi connectivity index (χ4n) is 7.57. The Morgan fingerprint density at radius 2 is 1.81 bits per heavy atom. The van der Waals surface area contributed by atoms with Crippen LogP contribution in [0.25, 0.3) is 5.76 Å². The fraction of sp³-hybridized carbons (Fsp3) is 0.410. The van der Waals surface area contributed by atoms with E-state index in [0.29, 0.717) is 24.2 Å². The van der Waals surface area contributed by atoms with Gasteiger partial charge in [0.05, 0.1) is 13.7 Å². The van der Waals surface area contributed by atoms with Crippen LogP contribution >= 0.6 is 0 Å². The van der Waals surface area contributed by atoms with Crippen LogP contribution in [0.15, 0.2) is 76.7 Å². The van der Waals surface area contributed by atoms with Gasteiger partial charge < -0.3 is 59.4 Å². The second-order valence-corrected chi connectivity index (χ2v) is 14.1. The normalized spacial score (nSPS) is 30.4. The van der Waals surface area contributed by atoms with Gasteiger partial charge in [-0.3, -0.25) is 4.99 Å². The monoisotopic (exact) mass is 746 g/mol. The minimum Gasteiger partial charge on any atom is -0.507 e. The number of fused-ring (bicyclic) bond motifs is 1. The molecule has 15 nitrogen and oxygen atoms in total. The molecule has 15 heteroatoms. The Kier molecular flexibility index (Phi) is 10.3. The molecule has 1 saturated carbocycles. The second kappa shape index (κ2) is 14.9. The number of phenolic OH excluding ortho intramolecular Hbond substituents is 1. The van der Waals surface area contributed by atoms with Gasteiger partial charge in [0.25, 0.3) is 0 Å². The molecule has 1 saturated heterocycles. The van der Waals surface area contributed by atoms with Gasteiger partial charge in [-0.25, -0.2) is 9.79 Å². The largest absolute Gasteiger partial charge is 0.507 e. The maximum Gasteiger partial charge on any atom is 0.336 e. The molecule has 7 N–H and O–H groups in total. The maximum absolute atomic E-state index is 12.5. The predicted molar refractivity (Wildman–Crippen MR) is 192 cm³/mol. The SMILES string of the molecule is COc1ccc(C2C=C(O)c3c(cc(OC4OC(C(=O)O)C(O)(CC5=NC=NC5)C(O)C4O)c(OC4(O)CCCC(Cc5ccccc5)C4)c3O)O2)cc1. The molecule has 3 aromatic rings. The third-order valence-corrected chi connectivity index (χ3v) is 10.3. The minimum atomic E-state index is -2.54. The second-order valence-electron chi connectivity index (χ2n) is 14.1. The summed E-state index contributed by atoms with van der Waals surface area (Å²) < 4.78 is 29.3. The molecule has 0 amide bonds.